The first-order valence-electron chi connectivity index (χ1n) is 12.4. The molecule has 2 aromatic carbocycles. The van der Waals surface area contributed by atoms with Crippen LogP contribution in [-0.4, -0.2) is 52.8 Å². The SMILES string of the molecule is COc1ccc2nccc(C(O)CC[C@@H]3CCN(CC#Cc4c(F)ccc(F)c4F)C[C@@H]3CC(=O)O)c2c1. The fourth-order valence-corrected chi connectivity index (χ4v) is 5.11. The molecular formula is C29H29F3N2O4. The van der Waals surface area contributed by atoms with Crippen molar-refractivity contribution in [2.75, 3.05) is 26.7 Å². The Morgan fingerprint density at radius 1 is 1.18 bits per heavy atom. The van der Waals surface area contributed by atoms with Gasteiger partial charge in [-0.3, -0.25) is 14.7 Å². The summed E-state index contributed by atoms with van der Waals surface area (Å²) in [7, 11) is 1.58. The molecule has 9 heteroatoms. The summed E-state index contributed by atoms with van der Waals surface area (Å²) in [5.74, 6) is 1.30. The van der Waals surface area contributed by atoms with Crippen molar-refractivity contribution < 1.29 is 32.9 Å². The summed E-state index contributed by atoms with van der Waals surface area (Å²) in [6.45, 7) is 1.24. The number of aliphatic hydroxyl groups is 1. The fraction of sp³-hybridized carbons (Fsp3) is 0.379. The predicted octanol–water partition coefficient (Wildman–Crippen LogP) is 4.94. The van der Waals surface area contributed by atoms with Crippen molar-refractivity contribution in [3.8, 4) is 17.6 Å². The van der Waals surface area contributed by atoms with Crippen LogP contribution in [0.25, 0.3) is 10.9 Å². The zero-order chi connectivity index (χ0) is 27.2. The number of halogens is 3. The topological polar surface area (TPSA) is 82.9 Å². The van der Waals surface area contributed by atoms with Gasteiger partial charge in [-0.1, -0.05) is 11.8 Å². The van der Waals surface area contributed by atoms with E-state index in [1.807, 2.05) is 23.1 Å². The van der Waals surface area contributed by atoms with Crippen molar-refractivity contribution in [1.29, 1.82) is 0 Å². The zero-order valence-corrected chi connectivity index (χ0v) is 21.0. The Morgan fingerprint density at radius 3 is 2.74 bits per heavy atom. The fourth-order valence-electron chi connectivity index (χ4n) is 5.11. The van der Waals surface area contributed by atoms with E-state index in [1.165, 1.54) is 0 Å². The van der Waals surface area contributed by atoms with E-state index in [4.69, 9.17) is 4.74 Å². The lowest BCUT2D eigenvalue weighted by atomic mass is 9.79. The Morgan fingerprint density at radius 2 is 1.97 bits per heavy atom. The Bertz CT molecular complexity index is 1370. The van der Waals surface area contributed by atoms with Gasteiger partial charge in [-0.15, -0.1) is 0 Å². The predicted molar refractivity (Wildman–Crippen MR) is 136 cm³/mol. The number of hydrogen-bond acceptors (Lipinski definition) is 5. The minimum Gasteiger partial charge on any atom is -0.497 e. The Hall–Kier alpha value is -3.61. The molecule has 38 heavy (non-hydrogen) atoms. The molecule has 0 spiro atoms. The van der Waals surface area contributed by atoms with Crippen molar-refractivity contribution in [1.82, 2.24) is 9.88 Å². The molecule has 200 valence electrons. The Labute approximate surface area is 219 Å². The Kier molecular flexibility index (Phi) is 8.87. The zero-order valence-electron chi connectivity index (χ0n) is 21.0. The van der Waals surface area contributed by atoms with Crippen LogP contribution in [0.2, 0.25) is 0 Å². The van der Waals surface area contributed by atoms with E-state index in [9.17, 15) is 28.2 Å². The van der Waals surface area contributed by atoms with Crippen molar-refractivity contribution in [3.05, 3.63) is 71.2 Å². The minimum atomic E-state index is -1.32. The van der Waals surface area contributed by atoms with Crippen LogP contribution >= 0.6 is 0 Å². The lowest BCUT2D eigenvalue weighted by molar-refractivity contribution is -0.139. The number of pyridine rings is 1. The normalized spacial score (nSPS) is 18.6. The number of aliphatic hydroxyl groups excluding tert-OH is 1. The number of aromatic nitrogens is 1. The molecule has 1 aliphatic rings. The first kappa shape index (κ1) is 27.4. The maximum Gasteiger partial charge on any atom is 0.303 e. The molecule has 1 aliphatic heterocycles. The third-order valence-corrected chi connectivity index (χ3v) is 7.12. The lowest BCUT2D eigenvalue weighted by Crippen LogP contribution is -2.41. The monoisotopic (exact) mass is 526 g/mol. The van der Waals surface area contributed by atoms with Crippen molar-refractivity contribution in [2.24, 2.45) is 11.8 Å². The van der Waals surface area contributed by atoms with E-state index < -0.39 is 35.1 Å². The molecule has 1 fully saturated rings. The van der Waals surface area contributed by atoms with E-state index in [1.54, 1.807) is 19.4 Å². The number of carbonyl (C=O) groups is 1. The van der Waals surface area contributed by atoms with Gasteiger partial charge in [0.1, 0.15) is 11.6 Å². The molecule has 1 unspecified atom stereocenters. The van der Waals surface area contributed by atoms with Crippen molar-refractivity contribution >= 4 is 16.9 Å². The molecule has 3 aromatic rings. The van der Waals surface area contributed by atoms with Crippen LogP contribution in [0.4, 0.5) is 13.2 Å². The van der Waals surface area contributed by atoms with E-state index in [0.29, 0.717) is 44.2 Å². The maximum atomic E-state index is 13.9. The van der Waals surface area contributed by atoms with Gasteiger partial charge in [0.2, 0.25) is 0 Å². The summed E-state index contributed by atoms with van der Waals surface area (Å²) >= 11 is 0. The molecule has 0 amide bonds. The summed E-state index contributed by atoms with van der Waals surface area (Å²) in [4.78, 5) is 17.8. The van der Waals surface area contributed by atoms with Crippen LogP contribution < -0.4 is 4.74 Å². The molecule has 1 saturated heterocycles. The maximum absolute atomic E-state index is 13.9. The molecule has 0 aliphatic carbocycles. The van der Waals surface area contributed by atoms with Crippen LogP contribution in [0.3, 0.4) is 0 Å². The second kappa shape index (κ2) is 12.3. The average molecular weight is 527 g/mol. The van der Waals surface area contributed by atoms with Gasteiger partial charge < -0.3 is 14.9 Å². The summed E-state index contributed by atoms with van der Waals surface area (Å²) in [6.07, 6.45) is 2.65. The van der Waals surface area contributed by atoms with Crippen molar-refractivity contribution in [3.63, 3.8) is 0 Å². The first-order valence-corrected chi connectivity index (χ1v) is 12.4. The number of fused-ring (bicyclic) bond motifs is 1. The lowest BCUT2D eigenvalue weighted by Gasteiger charge is -2.37. The summed E-state index contributed by atoms with van der Waals surface area (Å²) < 4.78 is 46.4. The summed E-state index contributed by atoms with van der Waals surface area (Å²) in [5.41, 5.74) is 0.879. The largest absolute Gasteiger partial charge is 0.497 e. The molecular weight excluding hydrogens is 497 g/mol. The van der Waals surface area contributed by atoms with Crippen LogP contribution in [-0.2, 0) is 4.79 Å². The summed E-state index contributed by atoms with van der Waals surface area (Å²) in [6, 6.07) is 8.81. The van der Waals surface area contributed by atoms with Crippen LogP contribution in [0, 0.1) is 41.1 Å². The average Bonchev–Trinajstić information content (AvgIpc) is 2.91. The standard InChI is InChI=1S/C29H29F3N2O4/c1-38-20-5-8-26-23(16-20)21(10-12-33-26)27(35)9-4-18-11-14-34(17-19(18)15-28(36)37)13-2-3-22-24(30)6-7-25(31)29(22)32/h5-8,10,12,16,18-19,27,35H,4,9,11,13-15,17H2,1H3,(H,36,37)/t18-,19+,27?/m1/s1. The van der Waals surface area contributed by atoms with E-state index in [0.717, 1.165) is 22.5 Å². The van der Waals surface area contributed by atoms with Crippen molar-refractivity contribution in [2.45, 2.75) is 31.8 Å². The Balaban J connectivity index is 1.41. The number of nitrogens with zero attached hydrogens (tertiary/aromatic N) is 2. The van der Waals surface area contributed by atoms with Gasteiger partial charge >= 0.3 is 5.97 Å². The van der Waals surface area contributed by atoms with Gasteiger partial charge in [-0.2, -0.15) is 0 Å². The number of ether oxygens (including phenoxy) is 1. The van der Waals surface area contributed by atoms with Gasteiger partial charge in [0, 0.05) is 24.5 Å². The van der Waals surface area contributed by atoms with Crippen LogP contribution in [0.15, 0.2) is 42.6 Å². The number of piperidine rings is 1. The van der Waals surface area contributed by atoms with Crippen LogP contribution in [0.5, 0.6) is 5.75 Å². The van der Waals surface area contributed by atoms with Gasteiger partial charge in [-0.25, -0.2) is 13.2 Å². The van der Waals surface area contributed by atoms with Crippen LogP contribution in [0.1, 0.15) is 42.9 Å². The highest BCUT2D eigenvalue weighted by molar-refractivity contribution is 5.83. The molecule has 0 saturated carbocycles. The number of hydrogen-bond donors (Lipinski definition) is 2. The first-order chi connectivity index (χ1) is 18.3. The molecule has 2 N–H and O–H groups in total. The quantitative estimate of drug-likeness (QED) is 0.320. The molecule has 0 bridgehead atoms. The summed E-state index contributed by atoms with van der Waals surface area (Å²) in [5, 5.41) is 21.3. The second-order valence-electron chi connectivity index (χ2n) is 9.54. The number of aliphatic carboxylic acids is 1. The number of methoxy groups -OCH3 is 1. The molecule has 2 heterocycles. The van der Waals surface area contributed by atoms with Gasteiger partial charge in [-0.05, 0) is 79.6 Å². The van der Waals surface area contributed by atoms with E-state index in [2.05, 4.69) is 16.8 Å². The highest BCUT2D eigenvalue weighted by Gasteiger charge is 2.31. The highest BCUT2D eigenvalue weighted by atomic mass is 19.2. The number of carboxylic acids is 1. The molecule has 0 radical (unpaired) electrons. The number of carboxylic acid groups (broad SMARTS) is 1. The number of benzene rings is 2. The third kappa shape index (κ3) is 6.44. The third-order valence-electron chi connectivity index (χ3n) is 7.12. The molecule has 1 aromatic heterocycles. The highest BCUT2D eigenvalue weighted by Crippen LogP contribution is 2.34. The molecule has 4 rings (SSSR count). The van der Waals surface area contributed by atoms with Gasteiger partial charge in [0.05, 0.1) is 30.8 Å². The van der Waals surface area contributed by atoms with E-state index >= 15 is 0 Å². The van der Waals surface area contributed by atoms with Gasteiger partial charge in [0.25, 0.3) is 0 Å². The molecule has 3 atom stereocenters. The van der Waals surface area contributed by atoms with E-state index in [-0.39, 0.29) is 24.8 Å². The smallest absolute Gasteiger partial charge is 0.303 e. The number of rotatable bonds is 8. The van der Waals surface area contributed by atoms with Gasteiger partial charge in [0.15, 0.2) is 11.6 Å². The minimum absolute atomic E-state index is 0.0345. The molecule has 6 nitrogen and oxygen atoms in total. The number of likely N-dealkylation sites (tertiary alicyclic amines) is 1. The second-order valence-corrected chi connectivity index (χ2v) is 9.54.